The molecule has 1 atom stereocenters. The highest BCUT2D eigenvalue weighted by molar-refractivity contribution is 5.85. The number of benzene rings is 1. The molecule has 2 aromatic rings. The summed E-state index contributed by atoms with van der Waals surface area (Å²) in [5.41, 5.74) is 6.41. The van der Waals surface area contributed by atoms with E-state index in [-0.39, 0.29) is 35.6 Å². The number of hydrogen-bond donors (Lipinski definition) is 1. The van der Waals surface area contributed by atoms with Crippen molar-refractivity contribution in [1.82, 2.24) is 9.47 Å². The van der Waals surface area contributed by atoms with E-state index in [0.29, 0.717) is 31.4 Å². The van der Waals surface area contributed by atoms with Crippen LogP contribution in [-0.2, 0) is 11.3 Å². The maximum Gasteiger partial charge on any atom is 0.419 e. The molecule has 0 aliphatic carbocycles. The van der Waals surface area contributed by atoms with Gasteiger partial charge in [-0.3, -0.25) is 19.5 Å². The molecule has 1 saturated heterocycles. The first-order valence-corrected chi connectivity index (χ1v) is 8.27. The van der Waals surface area contributed by atoms with Crippen molar-refractivity contribution in [1.29, 1.82) is 0 Å². The third kappa shape index (κ3) is 4.23. The lowest BCUT2D eigenvalue weighted by atomic mass is 10.1. The number of carbonyl (C=O) groups is 1. The van der Waals surface area contributed by atoms with Gasteiger partial charge in [0.25, 0.3) is 5.69 Å². The van der Waals surface area contributed by atoms with E-state index in [0.717, 1.165) is 19.4 Å². The Labute approximate surface area is 155 Å². The quantitative estimate of drug-likeness (QED) is 0.617. The van der Waals surface area contributed by atoms with Crippen molar-refractivity contribution in [2.45, 2.75) is 38.3 Å². The highest BCUT2D eigenvalue weighted by Gasteiger charge is 2.21. The number of nitrogens with two attached hydrogens (primary N) is 1. The normalized spacial score (nSPS) is 17.1. The number of oxazole rings is 1. The summed E-state index contributed by atoms with van der Waals surface area (Å²) in [6, 6.07) is 4.08. The van der Waals surface area contributed by atoms with Gasteiger partial charge in [-0.1, -0.05) is 0 Å². The Bertz CT molecular complexity index is 862. The Balaban J connectivity index is 0.00000243. The van der Waals surface area contributed by atoms with Gasteiger partial charge in [0, 0.05) is 38.2 Å². The zero-order valence-electron chi connectivity index (χ0n) is 14.1. The predicted octanol–water partition coefficient (Wildman–Crippen LogP) is 1.65. The minimum Gasteiger partial charge on any atom is -0.407 e. The molecule has 9 nitrogen and oxygen atoms in total. The molecule has 10 heteroatoms. The molecule has 2 heterocycles. The molecule has 3 rings (SSSR count). The number of non-ortho nitro benzene ring substituents is 1. The van der Waals surface area contributed by atoms with Gasteiger partial charge < -0.3 is 15.1 Å². The van der Waals surface area contributed by atoms with Crippen LogP contribution in [0.1, 0.15) is 25.7 Å². The van der Waals surface area contributed by atoms with Crippen molar-refractivity contribution in [2.75, 3.05) is 13.1 Å². The molecular weight excluding hydrogens is 364 g/mol. The van der Waals surface area contributed by atoms with Crippen LogP contribution in [0.5, 0.6) is 0 Å². The number of halogens is 1. The number of carbonyl (C=O) groups excluding carboxylic acids is 1. The van der Waals surface area contributed by atoms with E-state index in [1.807, 2.05) is 0 Å². The lowest BCUT2D eigenvalue weighted by Gasteiger charge is -2.30. The number of aryl methyl sites for hydroxylation is 1. The monoisotopic (exact) mass is 384 g/mol. The van der Waals surface area contributed by atoms with Crippen molar-refractivity contribution in [3.8, 4) is 0 Å². The van der Waals surface area contributed by atoms with Crippen LogP contribution in [0.2, 0.25) is 0 Å². The molecule has 0 spiro atoms. The number of amides is 1. The zero-order chi connectivity index (χ0) is 18.0. The van der Waals surface area contributed by atoms with Crippen LogP contribution < -0.4 is 11.5 Å². The van der Waals surface area contributed by atoms with Gasteiger partial charge in [0.05, 0.1) is 16.5 Å². The molecule has 1 aliphatic rings. The molecule has 142 valence electrons. The minimum absolute atomic E-state index is 0. The van der Waals surface area contributed by atoms with E-state index >= 15 is 0 Å². The molecular formula is C16H21ClN4O5. The average Bonchev–Trinajstić information content (AvgIpc) is 2.89. The first kappa shape index (κ1) is 19.9. The summed E-state index contributed by atoms with van der Waals surface area (Å²) in [4.78, 5) is 36.2. The maximum absolute atomic E-state index is 12.2. The maximum atomic E-state index is 12.2. The highest BCUT2D eigenvalue weighted by Crippen LogP contribution is 2.20. The summed E-state index contributed by atoms with van der Waals surface area (Å²) < 4.78 is 6.47. The Morgan fingerprint density at radius 3 is 2.88 bits per heavy atom. The Hall–Kier alpha value is -2.39. The molecule has 1 fully saturated rings. The van der Waals surface area contributed by atoms with E-state index in [9.17, 15) is 19.7 Å². The summed E-state index contributed by atoms with van der Waals surface area (Å²) in [5.74, 6) is -0.547. The number of nitrogens with zero attached hydrogens (tertiary/aromatic N) is 3. The number of likely N-dealkylation sites (tertiary alicyclic amines) is 1. The molecule has 0 radical (unpaired) electrons. The lowest BCUT2D eigenvalue weighted by Crippen LogP contribution is -2.45. The van der Waals surface area contributed by atoms with Crippen LogP contribution in [0.15, 0.2) is 27.4 Å². The van der Waals surface area contributed by atoms with E-state index in [4.69, 9.17) is 10.2 Å². The van der Waals surface area contributed by atoms with Gasteiger partial charge in [0.15, 0.2) is 5.58 Å². The number of rotatable bonds is 5. The van der Waals surface area contributed by atoms with Crippen LogP contribution in [0.25, 0.3) is 11.1 Å². The number of hydrogen-bond acceptors (Lipinski definition) is 6. The second kappa shape index (κ2) is 8.33. The van der Waals surface area contributed by atoms with Crippen molar-refractivity contribution in [2.24, 2.45) is 5.73 Å². The van der Waals surface area contributed by atoms with Crippen molar-refractivity contribution >= 4 is 35.1 Å². The number of piperidine rings is 1. The fourth-order valence-electron chi connectivity index (χ4n) is 3.16. The fraction of sp³-hybridized carbons (Fsp3) is 0.500. The summed E-state index contributed by atoms with van der Waals surface area (Å²) in [6.45, 7) is 1.62. The molecule has 1 aromatic heterocycles. The van der Waals surface area contributed by atoms with Gasteiger partial charge in [-0.25, -0.2) is 4.79 Å². The number of fused-ring (bicyclic) bond motifs is 1. The molecule has 1 amide bonds. The van der Waals surface area contributed by atoms with Crippen LogP contribution in [-0.4, -0.2) is 39.4 Å². The number of nitro benzene ring substituents is 1. The SMILES string of the molecule is Cl.NC1CCCN(C(=O)CCCn2c(=O)oc3cc([N+](=O)[O-])ccc32)C1. The lowest BCUT2D eigenvalue weighted by molar-refractivity contribution is -0.384. The van der Waals surface area contributed by atoms with Crippen molar-refractivity contribution in [3.05, 3.63) is 38.9 Å². The van der Waals surface area contributed by atoms with Gasteiger partial charge in [-0.05, 0) is 25.3 Å². The summed E-state index contributed by atoms with van der Waals surface area (Å²) in [5, 5.41) is 10.8. The van der Waals surface area contributed by atoms with Gasteiger partial charge in [-0.2, -0.15) is 0 Å². The predicted molar refractivity (Wildman–Crippen MR) is 97.4 cm³/mol. The van der Waals surface area contributed by atoms with Gasteiger partial charge in [-0.15, -0.1) is 12.4 Å². The third-order valence-electron chi connectivity index (χ3n) is 4.45. The average molecular weight is 385 g/mol. The third-order valence-corrected chi connectivity index (χ3v) is 4.45. The molecule has 0 saturated carbocycles. The fourth-order valence-corrected chi connectivity index (χ4v) is 3.16. The van der Waals surface area contributed by atoms with Gasteiger partial charge >= 0.3 is 5.76 Å². The van der Waals surface area contributed by atoms with Crippen LogP contribution in [0.4, 0.5) is 5.69 Å². The Kier molecular flexibility index (Phi) is 6.38. The van der Waals surface area contributed by atoms with Crippen molar-refractivity contribution < 1.29 is 14.1 Å². The summed E-state index contributed by atoms with van der Waals surface area (Å²) >= 11 is 0. The van der Waals surface area contributed by atoms with Gasteiger partial charge in [0.2, 0.25) is 5.91 Å². The highest BCUT2D eigenvalue weighted by atomic mass is 35.5. The molecule has 1 unspecified atom stereocenters. The van der Waals surface area contributed by atoms with Gasteiger partial charge in [0.1, 0.15) is 0 Å². The van der Waals surface area contributed by atoms with Crippen LogP contribution in [0, 0.1) is 10.1 Å². The van der Waals surface area contributed by atoms with E-state index < -0.39 is 10.7 Å². The largest absolute Gasteiger partial charge is 0.419 e. The second-order valence-corrected chi connectivity index (χ2v) is 6.27. The summed E-state index contributed by atoms with van der Waals surface area (Å²) in [7, 11) is 0. The zero-order valence-corrected chi connectivity index (χ0v) is 14.9. The second-order valence-electron chi connectivity index (χ2n) is 6.27. The molecule has 1 aliphatic heterocycles. The molecule has 0 bridgehead atoms. The smallest absolute Gasteiger partial charge is 0.407 e. The standard InChI is InChI=1S/C16H20N4O5.ClH/c17-11-3-1-7-18(10-11)15(21)4-2-8-19-13-6-5-12(20(23)24)9-14(13)25-16(19)22;/h5-6,9,11H,1-4,7-8,10,17H2;1H. The van der Waals surface area contributed by atoms with E-state index in [1.54, 1.807) is 4.90 Å². The number of aromatic nitrogens is 1. The minimum atomic E-state index is -0.581. The number of nitro groups is 1. The first-order valence-electron chi connectivity index (χ1n) is 8.27. The van der Waals surface area contributed by atoms with Crippen LogP contribution in [0.3, 0.4) is 0 Å². The molecule has 26 heavy (non-hydrogen) atoms. The Morgan fingerprint density at radius 2 is 2.19 bits per heavy atom. The summed E-state index contributed by atoms with van der Waals surface area (Å²) in [6.07, 6.45) is 2.65. The molecule has 2 N–H and O–H groups in total. The Morgan fingerprint density at radius 1 is 1.42 bits per heavy atom. The van der Waals surface area contributed by atoms with E-state index in [2.05, 4.69) is 0 Å². The molecule has 1 aromatic carbocycles. The van der Waals surface area contributed by atoms with Crippen LogP contribution >= 0.6 is 12.4 Å². The topological polar surface area (TPSA) is 125 Å². The van der Waals surface area contributed by atoms with Crippen molar-refractivity contribution in [3.63, 3.8) is 0 Å². The first-order chi connectivity index (χ1) is 12.0. The van der Waals surface area contributed by atoms with E-state index in [1.165, 1.54) is 22.8 Å².